The number of anilines is 1. The second-order valence-corrected chi connectivity index (χ2v) is 7.01. The molecule has 0 aliphatic carbocycles. The first-order valence-corrected chi connectivity index (χ1v) is 8.07. The predicted octanol–water partition coefficient (Wildman–Crippen LogP) is 3.47. The quantitative estimate of drug-likeness (QED) is 0.870. The maximum atomic E-state index is 5.43. The topological polar surface area (TPSA) is 65.5 Å². The number of nitrogens with zero attached hydrogens (tertiary/aromatic N) is 2. The zero-order valence-corrected chi connectivity index (χ0v) is 15.2. The fraction of sp³-hybridized carbons (Fsp3) is 0.500. The zero-order chi connectivity index (χ0) is 17.0. The molecule has 0 fully saturated rings. The lowest BCUT2D eigenvalue weighted by Crippen LogP contribution is -2.10. The van der Waals surface area contributed by atoms with Gasteiger partial charge in [0.15, 0.2) is 11.5 Å². The van der Waals surface area contributed by atoms with Crippen molar-refractivity contribution < 1.29 is 14.2 Å². The Morgan fingerprint density at radius 2 is 1.57 bits per heavy atom. The number of rotatable bonds is 6. The van der Waals surface area contributed by atoms with Crippen LogP contribution in [0.4, 0.5) is 5.13 Å². The van der Waals surface area contributed by atoms with Crippen LogP contribution in [-0.2, 0) is 12.0 Å². The minimum Gasteiger partial charge on any atom is -0.496 e. The molecule has 1 aromatic carbocycles. The number of hydrogen-bond donors (Lipinski definition) is 1. The minimum absolute atomic E-state index is 0.00137. The van der Waals surface area contributed by atoms with Crippen molar-refractivity contribution in [3.05, 3.63) is 22.7 Å². The van der Waals surface area contributed by atoms with E-state index in [4.69, 9.17) is 14.2 Å². The highest BCUT2D eigenvalue weighted by Gasteiger charge is 2.19. The Hall–Kier alpha value is -2.02. The Kier molecular flexibility index (Phi) is 5.30. The van der Waals surface area contributed by atoms with Crippen LogP contribution in [0.2, 0.25) is 0 Å². The monoisotopic (exact) mass is 337 g/mol. The van der Waals surface area contributed by atoms with Crippen molar-refractivity contribution in [1.29, 1.82) is 0 Å². The van der Waals surface area contributed by atoms with E-state index in [0.717, 1.165) is 21.5 Å². The molecule has 0 unspecified atom stereocenters. The third kappa shape index (κ3) is 4.04. The number of ether oxygens (including phenoxy) is 3. The first-order chi connectivity index (χ1) is 10.9. The van der Waals surface area contributed by atoms with Crippen molar-refractivity contribution in [2.45, 2.75) is 32.7 Å². The highest BCUT2D eigenvalue weighted by molar-refractivity contribution is 7.15. The van der Waals surface area contributed by atoms with E-state index in [1.54, 1.807) is 32.7 Å². The van der Waals surface area contributed by atoms with Crippen molar-refractivity contribution in [1.82, 2.24) is 10.2 Å². The largest absolute Gasteiger partial charge is 0.496 e. The molecule has 0 amide bonds. The molecule has 7 heteroatoms. The van der Waals surface area contributed by atoms with Crippen molar-refractivity contribution in [3.63, 3.8) is 0 Å². The van der Waals surface area contributed by atoms with E-state index in [9.17, 15) is 0 Å². The van der Waals surface area contributed by atoms with Gasteiger partial charge in [-0.1, -0.05) is 32.1 Å². The first-order valence-electron chi connectivity index (χ1n) is 7.25. The average molecular weight is 337 g/mol. The highest BCUT2D eigenvalue weighted by Crippen LogP contribution is 2.35. The molecular weight excluding hydrogens is 314 g/mol. The lowest BCUT2D eigenvalue weighted by atomic mass is 9.98. The molecule has 2 rings (SSSR count). The molecule has 0 saturated heterocycles. The van der Waals surface area contributed by atoms with Gasteiger partial charge in [0.1, 0.15) is 10.8 Å². The third-order valence-electron chi connectivity index (χ3n) is 3.28. The van der Waals surface area contributed by atoms with E-state index >= 15 is 0 Å². The summed E-state index contributed by atoms with van der Waals surface area (Å²) in [6.07, 6.45) is 0. The maximum Gasteiger partial charge on any atom is 0.205 e. The molecule has 0 atom stereocenters. The fourth-order valence-electron chi connectivity index (χ4n) is 2.00. The van der Waals surface area contributed by atoms with Crippen LogP contribution in [0.5, 0.6) is 17.2 Å². The number of hydrogen-bond acceptors (Lipinski definition) is 7. The van der Waals surface area contributed by atoms with Gasteiger partial charge in [-0.05, 0) is 6.07 Å². The fourth-order valence-corrected chi connectivity index (χ4v) is 2.80. The molecular formula is C16H23N3O3S. The second-order valence-electron chi connectivity index (χ2n) is 6.03. The van der Waals surface area contributed by atoms with Crippen LogP contribution in [0, 0.1) is 0 Å². The lowest BCUT2D eigenvalue weighted by molar-refractivity contribution is 0.347. The van der Waals surface area contributed by atoms with Gasteiger partial charge in [-0.15, -0.1) is 10.2 Å². The number of aromatic nitrogens is 2. The molecule has 6 nitrogen and oxygen atoms in total. The van der Waals surface area contributed by atoms with Gasteiger partial charge in [0.05, 0.1) is 21.3 Å². The summed E-state index contributed by atoms with van der Waals surface area (Å²) in [6.45, 7) is 6.92. The summed E-state index contributed by atoms with van der Waals surface area (Å²) in [5.41, 5.74) is 0.955. The van der Waals surface area contributed by atoms with Gasteiger partial charge >= 0.3 is 0 Å². The predicted molar refractivity (Wildman–Crippen MR) is 92.0 cm³/mol. The molecule has 1 N–H and O–H groups in total. The summed E-state index contributed by atoms with van der Waals surface area (Å²) < 4.78 is 16.1. The van der Waals surface area contributed by atoms with Crippen LogP contribution >= 0.6 is 11.3 Å². The second kappa shape index (κ2) is 7.04. The first kappa shape index (κ1) is 17.3. The Bertz CT molecular complexity index is 665. The Labute approximate surface area is 140 Å². The number of methoxy groups -OCH3 is 3. The van der Waals surface area contributed by atoms with E-state index < -0.39 is 0 Å². The van der Waals surface area contributed by atoms with E-state index in [1.807, 2.05) is 12.1 Å². The number of nitrogens with one attached hydrogen (secondary N) is 1. The van der Waals surface area contributed by atoms with Crippen molar-refractivity contribution in [3.8, 4) is 17.2 Å². The van der Waals surface area contributed by atoms with Gasteiger partial charge in [0.25, 0.3) is 0 Å². The molecule has 1 aromatic heterocycles. The molecule has 0 saturated carbocycles. The van der Waals surface area contributed by atoms with Crippen LogP contribution < -0.4 is 19.5 Å². The Morgan fingerprint density at radius 3 is 2.09 bits per heavy atom. The average Bonchev–Trinajstić information content (AvgIpc) is 3.01. The summed E-state index contributed by atoms with van der Waals surface area (Å²) in [5.74, 6) is 2.03. The normalized spacial score (nSPS) is 11.2. The minimum atomic E-state index is -0.00137. The summed E-state index contributed by atoms with van der Waals surface area (Å²) in [6, 6.07) is 3.72. The maximum absolute atomic E-state index is 5.43. The van der Waals surface area contributed by atoms with Gasteiger partial charge in [-0.25, -0.2) is 0 Å². The molecule has 0 bridgehead atoms. The molecule has 23 heavy (non-hydrogen) atoms. The van der Waals surface area contributed by atoms with Gasteiger partial charge in [-0.2, -0.15) is 0 Å². The van der Waals surface area contributed by atoms with E-state index in [0.29, 0.717) is 18.0 Å². The zero-order valence-electron chi connectivity index (χ0n) is 14.4. The van der Waals surface area contributed by atoms with Gasteiger partial charge < -0.3 is 19.5 Å². The summed E-state index contributed by atoms with van der Waals surface area (Å²) in [7, 11) is 4.85. The smallest absolute Gasteiger partial charge is 0.205 e. The molecule has 0 spiro atoms. The summed E-state index contributed by atoms with van der Waals surface area (Å²) >= 11 is 1.56. The van der Waals surface area contributed by atoms with Crippen LogP contribution in [0.15, 0.2) is 12.1 Å². The highest BCUT2D eigenvalue weighted by atomic mass is 32.1. The SMILES string of the molecule is COc1cc(OC)c(OC)cc1CNc1nnc(C(C)(C)C)s1. The van der Waals surface area contributed by atoms with Crippen LogP contribution in [-0.4, -0.2) is 31.5 Å². The van der Waals surface area contributed by atoms with E-state index in [2.05, 4.69) is 36.3 Å². The Balaban J connectivity index is 2.18. The number of benzene rings is 1. The van der Waals surface area contributed by atoms with Crippen molar-refractivity contribution in [2.75, 3.05) is 26.6 Å². The molecule has 0 radical (unpaired) electrons. The van der Waals surface area contributed by atoms with Gasteiger partial charge in [-0.3, -0.25) is 0 Å². The summed E-state index contributed by atoms with van der Waals surface area (Å²) in [4.78, 5) is 0. The molecule has 0 aliphatic rings. The Morgan fingerprint density at radius 1 is 0.957 bits per heavy atom. The van der Waals surface area contributed by atoms with Gasteiger partial charge in [0, 0.05) is 23.6 Å². The van der Waals surface area contributed by atoms with Crippen molar-refractivity contribution in [2.24, 2.45) is 0 Å². The van der Waals surface area contributed by atoms with Crippen LogP contribution in [0.25, 0.3) is 0 Å². The molecule has 1 heterocycles. The molecule has 0 aliphatic heterocycles. The van der Waals surface area contributed by atoms with Crippen molar-refractivity contribution >= 4 is 16.5 Å². The van der Waals surface area contributed by atoms with Gasteiger partial charge in [0.2, 0.25) is 5.13 Å². The standard InChI is InChI=1S/C16H23N3O3S/c1-16(2,3)14-18-19-15(23-14)17-9-10-7-12(21-5)13(22-6)8-11(10)20-4/h7-8H,9H2,1-6H3,(H,17,19). The van der Waals surface area contributed by atoms with E-state index in [1.165, 1.54) is 0 Å². The molecule has 2 aromatic rings. The van der Waals surface area contributed by atoms with Crippen LogP contribution in [0.3, 0.4) is 0 Å². The van der Waals surface area contributed by atoms with Crippen LogP contribution in [0.1, 0.15) is 31.3 Å². The lowest BCUT2D eigenvalue weighted by Gasteiger charge is -2.14. The third-order valence-corrected chi connectivity index (χ3v) is 4.59. The summed E-state index contributed by atoms with van der Waals surface area (Å²) in [5, 5.41) is 13.5. The van der Waals surface area contributed by atoms with E-state index in [-0.39, 0.29) is 5.41 Å². The molecule has 126 valence electrons.